The largest absolute Gasteiger partial charge is 0.385 e. The fourth-order valence-electron chi connectivity index (χ4n) is 2.48. The van der Waals surface area contributed by atoms with Crippen molar-refractivity contribution in [2.24, 2.45) is 5.92 Å². The van der Waals surface area contributed by atoms with Gasteiger partial charge in [-0.25, -0.2) is 0 Å². The molecule has 0 saturated heterocycles. The van der Waals surface area contributed by atoms with E-state index in [0.717, 1.165) is 24.8 Å². The van der Waals surface area contributed by atoms with E-state index in [4.69, 9.17) is 4.74 Å². The first-order valence-electron chi connectivity index (χ1n) is 6.31. The molecule has 2 atom stereocenters. The molecule has 1 nitrogen and oxygen atoms in total. The summed E-state index contributed by atoms with van der Waals surface area (Å²) in [6.07, 6.45) is 2.25. The van der Waals surface area contributed by atoms with Crippen molar-refractivity contribution in [3.05, 3.63) is 35.9 Å². The van der Waals surface area contributed by atoms with Crippen molar-refractivity contribution in [3.8, 4) is 0 Å². The highest BCUT2D eigenvalue weighted by atomic mass is 79.9. The lowest BCUT2D eigenvalue weighted by atomic mass is 9.69. The Hall–Kier alpha value is -0.340. The summed E-state index contributed by atoms with van der Waals surface area (Å²) in [7, 11) is 1.77. The van der Waals surface area contributed by atoms with E-state index in [2.05, 4.69) is 60.1 Å². The molecule has 0 amide bonds. The first kappa shape index (κ1) is 14.7. The molecule has 2 unspecified atom stereocenters. The normalized spacial score (nSPS) is 16.5. The summed E-state index contributed by atoms with van der Waals surface area (Å²) in [6, 6.07) is 10.8. The Balaban J connectivity index is 2.96. The monoisotopic (exact) mass is 298 g/mol. The molecule has 0 fully saturated rings. The molecule has 1 aromatic carbocycles. The van der Waals surface area contributed by atoms with Crippen LogP contribution in [-0.2, 0) is 10.2 Å². The number of ether oxygens (including phenoxy) is 1. The maximum absolute atomic E-state index is 5.22. The van der Waals surface area contributed by atoms with E-state index in [9.17, 15) is 0 Å². The zero-order chi connectivity index (χ0) is 12.7. The molecule has 0 aliphatic rings. The van der Waals surface area contributed by atoms with Gasteiger partial charge < -0.3 is 4.74 Å². The van der Waals surface area contributed by atoms with E-state index in [0.29, 0.717) is 5.92 Å². The Morgan fingerprint density at radius 3 is 2.41 bits per heavy atom. The topological polar surface area (TPSA) is 9.23 Å². The van der Waals surface area contributed by atoms with E-state index in [1.165, 1.54) is 5.56 Å². The van der Waals surface area contributed by atoms with Crippen molar-refractivity contribution >= 4 is 15.9 Å². The third-order valence-corrected chi connectivity index (χ3v) is 4.92. The zero-order valence-corrected chi connectivity index (χ0v) is 12.7. The van der Waals surface area contributed by atoms with E-state index in [1.54, 1.807) is 7.11 Å². The minimum atomic E-state index is 0.222. The number of hydrogen-bond acceptors (Lipinski definition) is 1. The fourth-order valence-corrected chi connectivity index (χ4v) is 3.75. The van der Waals surface area contributed by atoms with Crippen LogP contribution in [0, 0.1) is 5.92 Å². The van der Waals surface area contributed by atoms with Crippen molar-refractivity contribution in [2.45, 2.75) is 32.1 Å². The molecule has 0 aromatic heterocycles. The van der Waals surface area contributed by atoms with Gasteiger partial charge in [0.2, 0.25) is 0 Å². The van der Waals surface area contributed by atoms with Crippen LogP contribution in [0.5, 0.6) is 0 Å². The van der Waals surface area contributed by atoms with Gasteiger partial charge in [-0.1, -0.05) is 60.1 Å². The van der Waals surface area contributed by atoms with Gasteiger partial charge in [-0.2, -0.15) is 0 Å². The van der Waals surface area contributed by atoms with Gasteiger partial charge in [0.25, 0.3) is 0 Å². The van der Waals surface area contributed by atoms with Gasteiger partial charge in [0.1, 0.15) is 0 Å². The summed E-state index contributed by atoms with van der Waals surface area (Å²) in [5.41, 5.74) is 1.66. The summed E-state index contributed by atoms with van der Waals surface area (Å²) in [5.74, 6) is 0.606. The Morgan fingerprint density at radius 2 is 1.94 bits per heavy atom. The number of halogens is 1. The number of alkyl halides is 1. The average molecular weight is 299 g/mol. The van der Waals surface area contributed by atoms with Crippen molar-refractivity contribution < 1.29 is 4.74 Å². The first-order valence-corrected chi connectivity index (χ1v) is 7.43. The third-order valence-electron chi connectivity index (χ3n) is 3.92. The molecule has 17 heavy (non-hydrogen) atoms. The van der Waals surface area contributed by atoms with Gasteiger partial charge in [0.15, 0.2) is 0 Å². The third kappa shape index (κ3) is 3.32. The summed E-state index contributed by atoms with van der Waals surface area (Å²) >= 11 is 3.72. The van der Waals surface area contributed by atoms with Crippen molar-refractivity contribution in [1.29, 1.82) is 0 Å². The van der Waals surface area contributed by atoms with Crippen LogP contribution in [0.2, 0.25) is 0 Å². The maximum Gasteiger partial charge on any atom is 0.0465 e. The Kier molecular flexibility index (Phi) is 6.21. The maximum atomic E-state index is 5.22. The van der Waals surface area contributed by atoms with Crippen LogP contribution in [0.3, 0.4) is 0 Å². The minimum absolute atomic E-state index is 0.222. The highest BCUT2D eigenvalue weighted by Crippen LogP contribution is 2.39. The molecule has 0 aliphatic heterocycles. The Labute approximate surface area is 114 Å². The molecule has 0 radical (unpaired) electrons. The van der Waals surface area contributed by atoms with Crippen LogP contribution < -0.4 is 0 Å². The number of rotatable bonds is 7. The standard InChI is InChI=1S/C15H23BrO/c1-4-15(12-16,13(2)10-11-17-3)14-8-6-5-7-9-14/h5-9,13H,4,10-12H2,1-3H3. The van der Waals surface area contributed by atoms with E-state index >= 15 is 0 Å². The molecule has 0 saturated carbocycles. The molecule has 1 aromatic rings. The molecule has 96 valence electrons. The second kappa shape index (κ2) is 7.17. The van der Waals surface area contributed by atoms with Crippen LogP contribution in [0.15, 0.2) is 30.3 Å². The molecular weight excluding hydrogens is 276 g/mol. The van der Waals surface area contributed by atoms with Crippen molar-refractivity contribution in [3.63, 3.8) is 0 Å². The molecule has 0 spiro atoms. The highest BCUT2D eigenvalue weighted by molar-refractivity contribution is 9.09. The molecular formula is C15H23BrO. The molecule has 0 aliphatic carbocycles. The summed E-state index contributed by atoms with van der Waals surface area (Å²) < 4.78 is 5.22. The van der Waals surface area contributed by atoms with E-state index in [1.807, 2.05) is 0 Å². The summed E-state index contributed by atoms with van der Waals surface area (Å²) in [5, 5.41) is 1.01. The first-order chi connectivity index (χ1) is 8.21. The van der Waals surface area contributed by atoms with Crippen LogP contribution in [-0.4, -0.2) is 19.0 Å². The van der Waals surface area contributed by atoms with Gasteiger partial charge >= 0.3 is 0 Å². The van der Waals surface area contributed by atoms with Gasteiger partial charge in [-0.3, -0.25) is 0 Å². The predicted molar refractivity (Wildman–Crippen MR) is 77.9 cm³/mol. The molecule has 0 N–H and O–H groups in total. The zero-order valence-electron chi connectivity index (χ0n) is 11.1. The molecule has 2 heteroatoms. The predicted octanol–water partition coefficient (Wildman–Crippen LogP) is 4.40. The lowest BCUT2D eigenvalue weighted by Gasteiger charge is -2.38. The van der Waals surface area contributed by atoms with Crippen molar-refractivity contribution in [1.82, 2.24) is 0 Å². The fraction of sp³-hybridized carbons (Fsp3) is 0.600. The van der Waals surface area contributed by atoms with E-state index in [-0.39, 0.29) is 5.41 Å². The minimum Gasteiger partial charge on any atom is -0.385 e. The lowest BCUT2D eigenvalue weighted by Crippen LogP contribution is -2.35. The Bertz CT molecular complexity index is 306. The smallest absolute Gasteiger partial charge is 0.0465 e. The van der Waals surface area contributed by atoms with Gasteiger partial charge in [-0.05, 0) is 24.3 Å². The second-order valence-corrected chi connectivity index (χ2v) is 5.25. The van der Waals surface area contributed by atoms with Gasteiger partial charge in [0, 0.05) is 24.5 Å². The van der Waals surface area contributed by atoms with Gasteiger partial charge in [-0.15, -0.1) is 0 Å². The average Bonchev–Trinajstić information content (AvgIpc) is 2.39. The number of hydrogen-bond donors (Lipinski definition) is 0. The quantitative estimate of drug-likeness (QED) is 0.678. The van der Waals surface area contributed by atoms with Crippen molar-refractivity contribution in [2.75, 3.05) is 19.0 Å². The lowest BCUT2D eigenvalue weighted by molar-refractivity contribution is 0.158. The van der Waals surface area contributed by atoms with Gasteiger partial charge in [0.05, 0.1) is 0 Å². The second-order valence-electron chi connectivity index (χ2n) is 4.69. The molecule has 0 heterocycles. The van der Waals surface area contributed by atoms with E-state index < -0.39 is 0 Å². The number of methoxy groups -OCH3 is 1. The summed E-state index contributed by atoms with van der Waals surface area (Å²) in [6.45, 7) is 5.44. The van der Waals surface area contributed by atoms with Crippen LogP contribution >= 0.6 is 15.9 Å². The van der Waals surface area contributed by atoms with Crippen LogP contribution in [0.4, 0.5) is 0 Å². The van der Waals surface area contributed by atoms with Crippen LogP contribution in [0.1, 0.15) is 32.3 Å². The summed E-state index contributed by atoms with van der Waals surface area (Å²) in [4.78, 5) is 0. The molecule has 0 bridgehead atoms. The highest BCUT2D eigenvalue weighted by Gasteiger charge is 2.34. The Morgan fingerprint density at radius 1 is 1.29 bits per heavy atom. The molecule has 1 rings (SSSR count). The SMILES string of the molecule is CCC(CBr)(c1ccccc1)C(C)CCOC. The number of benzene rings is 1. The van der Waals surface area contributed by atoms with Crippen LogP contribution in [0.25, 0.3) is 0 Å².